The molecule has 4 N–H and O–H groups in total. The Bertz CT molecular complexity index is 605. The molecule has 0 radical (unpaired) electrons. The smallest absolute Gasteiger partial charge is 0.318 e. The van der Waals surface area contributed by atoms with Crippen molar-refractivity contribution in [3.8, 4) is 0 Å². The zero-order chi connectivity index (χ0) is 13.7. The van der Waals surface area contributed by atoms with Gasteiger partial charge in [-0.25, -0.2) is 4.79 Å². The van der Waals surface area contributed by atoms with E-state index in [-0.39, 0.29) is 6.54 Å². The Kier molecular flexibility index (Phi) is 4.10. The van der Waals surface area contributed by atoms with E-state index in [1.54, 1.807) is 0 Å². The summed E-state index contributed by atoms with van der Waals surface area (Å²) < 4.78 is 0. The highest BCUT2D eigenvalue weighted by Crippen LogP contribution is 2.17. The minimum atomic E-state index is -0.836. The number of primary amides is 1. The van der Waals surface area contributed by atoms with Gasteiger partial charge < -0.3 is 11.1 Å². The molecular formula is C14H15N3O2. The molecule has 0 unspecified atom stereocenters. The molecule has 0 aliphatic carbocycles. The maximum atomic E-state index is 11.2. The number of amides is 3. The number of hydrogen-bond donors (Lipinski definition) is 3. The first-order valence-corrected chi connectivity index (χ1v) is 5.93. The van der Waals surface area contributed by atoms with E-state index in [0.717, 1.165) is 16.3 Å². The van der Waals surface area contributed by atoms with Crippen LogP contribution in [0.1, 0.15) is 5.56 Å². The van der Waals surface area contributed by atoms with Gasteiger partial charge in [0.15, 0.2) is 0 Å². The lowest BCUT2D eigenvalue weighted by Gasteiger charge is -2.07. The van der Waals surface area contributed by atoms with Crippen molar-refractivity contribution >= 4 is 22.7 Å². The minimum absolute atomic E-state index is 0.0478. The highest BCUT2D eigenvalue weighted by molar-refractivity contribution is 5.94. The molecule has 0 aromatic heterocycles. The number of fused-ring (bicyclic) bond motifs is 1. The second kappa shape index (κ2) is 5.97. The van der Waals surface area contributed by atoms with Crippen LogP contribution in [-0.2, 0) is 11.3 Å². The van der Waals surface area contributed by atoms with Crippen LogP contribution in [0.3, 0.4) is 0 Å². The zero-order valence-corrected chi connectivity index (χ0v) is 10.3. The number of nitrogens with one attached hydrogen (secondary N) is 2. The Morgan fingerprint density at radius 1 is 1.05 bits per heavy atom. The van der Waals surface area contributed by atoms with Gasteiger partial charge in [0.2, 0.25) is 5.91 Å². The first-order chi connectivity index (χ1) is 9.16. The van der Waals surface area contributed by atoms with E-state index in [4.69, 9.17) is 5.73 Å². The molecule has 5 heteroatoms. The lowest BCUT2D eigenvalue weighted by Crippen LogP contribution is -2.40. The molecule has 5 nitrogen and oxygen atoms in total. The Labute approximate surface area is 110 Å². The van der Waals surface area contributed by atoms with Gasteiger partial charge in [-0.3, -0.25) is 10.1 Å². The molecular weight excluding hydrogens is 242 g/mol. The van der Waals surface area contributed by atoms with Gasteiger partial charge in [0.05, 0.1) is 6.54 Å². The van der Waals surface area contributed by atoms with Crippen molar-refractivity contribution in [1.82, 2.24) is 10.6 Å². The molecule has 0 heterocycles. The van der Waals surface area contributed by atoms with Crippen molar-refractivity contribution < 1.29 is 9.59 Å². The molecule has 3 amide bonds. The van der Waals surface area contributed by atoms with Crippen molar-refractivity contribution in [3.63, 3.8) is 0 Å². The van der Waals surface area contributed by atoms with Crippen molar-refractivity contribution in [1.29, 1.82) is 0 Å². The van der Waals surface area contributed by atoms with E-state index in [2.05, 4.69) is 5.32 Å². The van der Waals surface area contributed by atoms with E-state index in [9.17, 15) is 9.59 Å². The average molecular weight is 257 g/mol. The zero-order valence-electron chi connectivity index (χ0n) is 10.3. The lowest BCUT2D eigenvalue weighted by molar-refractivity contribution is -0.119. The Hall–Kier alpha value is -2.40. The number of carbonyl (C=O) groups excluding carboxylic acids is 2. The van der Waals surface area contributed by atoms with Gasteiger partial charge in [-0.15, -0.1) is 0 Å². The highest BCUT2D eigenvalue weighted by atomic mass is 16.2. The van der Waals surface area contributed by atoms with Crippen molar-refractivity contribution in [3.05, 3.63) is 48.0 Å². The SMILES string of the molecule is NC(=O)NC(=O)CNCc1cccc2ccccc12. The largest absolute Gasteiger partial charge is 0.351 e. The fourth-order valence-electron chi connectivity index (χ4n) is 1.94. The second-order valence-electron chi connectivity index (χ2n) is 4.15. The fourth-order valence-corrected chi connectivity index (χ4v) is 1.94. The van der Waals surface area contributed by atoms with Crippen LogP contribution in [0.5, 0.6) is 0 Å². The lowest BCUT2D eigenvalue weighted by atomic mass is 10.0. The monoisotopic (exact) mass is 257 g/mol. The molecule has 0 saturated heterocycles. The number of benzene rings is 2. The number of carbonyl (C=O) groups is 2. The Morgan fingerprint density at radius 3 is 2.58 bits per heavy atom. The van der Waals surface area contributed by atoms with Crippen molar-refractivity contribution in [2.24, 2.45) is 5.73 Å². The quantitative estimate of drug-likeness (QED) is 0.767. The van der Waals surface area contributed by atoms with Crippen molar-refractivity contribution in [2.75, 3.05) is 6.54 Å². The Balaban J connectivity index is 1.98. The first kappa shape index (κ1) is 13.0. The molecule has 0 spiro atoms. The summed E-state index contributed by atoms with van der Waals surface area (Å²) in [6.45, 7) is 0.597. The van der Waals surface area contributed by atoms with Crippen LogP contribution in [-0.4, -0.2) is 18.5 Å². The maximum Gasteiger partial charge on any atom is 0.318 e. The van der Waals surface area contributed by atoms with Crippen LogP contribution in [0.4, 0.5) is 4.79 Å². The normalized spacial score (nSPS) is 10.3. The predicted molar refractivity (Wildman–Crippen MR) is 73.4 cm³/mol. The molecule has 0 aliphatic rings. The van der Waals surface area contributed by atoms with Crippen LogP contribution in [0.25, 0.3) is 10.8 Å². The third-order valence-corrected chi connectivity index (χ3v) is 2.74. The van der Waals surface area contributed by atoms with Gasteiger partial charge in [0, 0.05) is 6.54 Å². The first-order valence-electron chi connectivity index (χ1n) is 5.93. The molecule has 0 bridgehead atoms. The van der Waals surface area contributed by atoms with Gasteiger partial charge in [-0.05, 0) is 16.3 Å². The second-order valence-corrected chi connectivity index (χ2v) is 4.15. The third-order valence-electron chi connectivity index (χ3n) is 2.74. The number of nitrogens with two attached hydrogens (primary N) is 1. The van der Waals surface area contributed by atoms with E-state index >= 15 is 0 Å². The third kappa shape index (κ3) is 3.53. The van der Waals surface area contributed by atoms with Crippen LogP contribution in [0.2, 0.25) is 0 Å². The molecule has 0 saturated carbocycles. The van der Waals surface area contributed by atoms with Gasteiger partial charge in [-0.1, -0.05) is 42.5 Å². The van der Waals surface area contributed by atoms with Gasteiger partial charge in [0.1, 0.15) is 0 Å². The summed E-state index contributed by atoms with van der Waals surface area (Å²) in [6.07, 6.45) is 0. The average Bonchev–Trinajstić information content (AvgIpc) is 2.38. The molecule has 0 fully saturated rings. The van der Waals surface area contributed by atoms with Gasteiger partial charge in [0.25, 0.3) is 0 Å². The Morgan fingerprint density at radius 2 is 1.79 bits per heavy atom. The van der Waals surface area contributed by atoms with E-state index in [0.29, 0.717) is 6.54 Å². The summed E-state index contributed by atoms with van der Waals surface area (Å²) >= 11 is 0. The van der Waals surface area contributed by atoms with Gasteiger partial charge in [-0.2, -0.15) is 0 Å². The fraction of sp³-hybridized carbons (Fsp3) is 0.143. The molecule has 98 valence electrons. The topological polar surface area (TPSA) is 84.2 Å². The maximum absolute atomic E-state index is 11.2. The number of hydrogen-bond acceptors (Lipinski definition) is 3. The number of urea groups is 1. The molecule has 2 aromatic carbocycles. The molecule has 0 aliphatic heterocycles. The van der Waals surface area contributed by atoms with Crippen LogP contribution in [0, 0.1) is 0 Å². The number of rotatable bonds is 4. The molecule has 2 aromatic rings. The van der Waals surface area contributed by atoms with Crippen LogP contribution >= 0.6 is 0 Å². The summed E-state index contributed by atoms with van der Waals surface area (Å²) in [6, 6.07) is 13.2. The van der Waals surface area contributed by atoms with E-state index in [1.807, 2.05) is 47.8 Å². The summed E-state index contributed by atoms with van der Waals surface area (Å²) in [7, 11) is 0. The minimum Gasteiger partial charge on any atom is -0.351 e. The van der Waals surface area contributed by atoms with Crippen LogP contribution in [0.15, 0.2) is 42.5 Å². The molecule has 0 atom stereocenters. The highest BCUT2D eigenvalue weighted by Gasteiger charge is 2.04. The predicted octanol–water partition coefficient (Wildman–Crippen LogP) is 1.12. The summed E-state index contributed by atoms with van der Waals surface area (Å²) in [5.41, 5.74) is 5.95. The summed E-state index contributed by atoms with van der Waals surface area (Å²) in [4.78, 5) is 21.7. The van der Waals surface area contributed by atoms with Crippen molar-refractivity contribution in [2.45, 2.75) is 6.54 Å². The van der Waals surface area contributed by atoms with E-state index in [1.165, 1.54) is 0 Å². The summed E-state index contributed by atoms with van der Waals surface area (Å²) in [5, 5.41) is 7.28. The van der Waals surface area contributed by atoms with Crippen LogP contribution < -0.4 is 16.4 Å². The standard InChI is InChI=1S/C14H15N3O2/c15-14(19)17-13(18)9-16-8-11-6-3-5-10-4-1-2-7-12(10)11/h1-7,16H,8-9H2,(H3,15,17,18,19). The van der Waals surface area contributed by atoms with E-state index < -0.39 is 11.9 Å². The number of imide groups is 1. The molecule has 19 heavy (non-hydrogen) atoms. The van der Waals surface area contributed by atoms with Gasteiger partial charge >= 0.3 is 6.03 Å². The molecule has 2 rings (SSSR count). The summed E-state index contributed by atoms with van der Waals surface area (Å²) in [5.74, 6) is -0.437.